The van der Waals surface area contributed by atoms with E-state index in [-0.39, 0.29) is 5.30 Å². The minimum atomic E-state index is -5.17. The molecule has 0 aliphatic heterocycles. The number of hydrogen-bond acceptors (Lipinski definition) is 2. The summed E-state index contributed by atoms with van der Waals surface area (Å²) in [6.45, 7) is 0. The Bertz CT molecular complexity index is 399. The first-order valence-corrected chi connectivity index (χ1v) is 6.68. The fourth-order valence-electron chi connectivity index (χ4n) is 0.719. The largest absolute Gasteiger partial charge is 0.500 e. The molecule has 0 amide bonds. The lowest BCUT2D eigenvalue weighted by atomic mass is 10.4. The molecule has 1 unspecified atom stereocenters. The summed E-state index contributed by atoms with van der Waals surface area (Å²) in [7, 11) is -6.29. The highest BCUT2D eigenvalue weighted by atomic mass is 32.8. The van der Waals surface area contributed by atoms with Crippen LogP contribution in [0.25, 0.3) is 0 Å². The van der Waals surface area contributed by atoms with Crippen LogP contribution >= 0.6 is 7.78 Å². The Balaban J connectivity index is 2.91. The van der Waals surface area contributed by atoms with E-state index in [0.717, 1.165) is 0 Å². The van der Waals surface area contributed by atoms with Gasteiger partial charge in [-0.25, -0.2) is 8.42 Å². The first-order chi connectivity index (χ1) is 6.33. The third-order valence-electron chi connectivity index (χ3n) is 1.33. The molecule has 78 valence electrons. The summed E-state index contributed by atoms with van der Waals surface area (Å²) in [5.41, 5.74) is -5.17. The maximum Gasteiger partial charge on any atom is 0.500 e. The van der Waals surface area contributed by atoms with Gasteiger partial charge in [0.05, 0.1) is 0 Å². The lowest BCUT2D eigenvalue weighted by Gasteiger charge is -2.07. The fraction of sp³-hybridized carbons (Fsp3) is 0.143. The normalized spacial score (nSPS) is 13.6. The molecular formula is C7H6F3O2PS. The smallest absolute Gasteiger partial charge is 0.215 e. The van der Waals surface area contributed by atoms with Crippen LogP contribution < -0.4 is 5.30 Å². The van der Waals surface area contributed by atoms with Gasteiger partial charge in [0.1, 0.15) is 0 Å². The van der Waals surface area contributed by atoms with Crippen molar-refractivity contribution in [2.24, 2.45) is 0 Å². The first kappa shape index (κ1) is 11.5. The van der Waals surface area contributed by atoms with Gasteiger partial charge in [0.2, 0.25) is 0 Å². The van der Waals surface area contributed by atoms with Gasteiger partial charge in [-0.05, 0) is 5.30 Å². The van der Waals surface area contributed by atoms with E-state index in [1.807, 2.05) is 0 Å². The second kappa shape index (κ2) is 3.87. The monoisotopic (exact) mass is 242 g/mol. The lowest BCUT2D eigenvalue weighted by molar-refractivity contribution is -0.0411. The highest BCUT2D eigenvalue weighted by Gasteiger charge is 2.45. The molecule has 2 nitrogen and oxygen atoms in total. The van der Waals surface area contributed by atoms with Crippen molar-refractivity contribution in [2.75, 3.05) is 0 Å². The fourth-order valence-corrected chi connectivity index (χ4v) is 3.16. The van der Waals surface area contributed by atoms with Crippen molar-refractivity contribution in [3.05, 3.63) is 30.3 Å². The molecule has 7 heteroatoms. The molecule has 14 heavy (non-hydrogen) atoms. The van der Waals surface area contributed by atoms with Gasteiger partial charge in [-0.3, -0.25) is 0 Å². The van der Waals surface area contributed by atoms with Gasteiger partial charge in [-0.2, -0.15) is 13.2 Å². The summed E-state index contributed by atoms with van der Waals surface area (Å²) in [5, 5.41) is 0.157. The van der Waals surface area contributed by atoms with E-state index >= 15 is 0 Å². The molecule has 1 rings (SSSR count). The summed E-state index contributed by atoms with van der Waals surface area (Å²) in [4.78, 5) is 0. The maximum absolute atomic E-state index is 11.9. The van der Waals surface area contributed by atoms with E-state index < -0.39 is 22.7 Å². The van der Waals surface area contributed by atoms with Crippen molar-refractivity contribution in [1.29, 1.82) is 0 Å². The quantitative estimate of drug-likeness (QED) is 0.741. The summed E-state index contributed by atoms with van der Waals surface area (Å²) < 4.78 is 57.2. The zero-order chi connectivity index (χ0) is 10.8. The van der Waals surface area contributed by atoms with Crippen molar-refractivity contribution >= 4 is 22.5 Å². The second-order valence-corrected chi connectivity index (χ2v) is 6.89. The van der Waals surface area contributed by atoms with Gasteiger partial charge < -0.3 is 0 Å². The molecule has 0 fully saturated rings. The number of rotatable bonds is 2. The summed E-state index contributed by atoms with van der Waals surface area (Å²) in [5.74, 6) is 0. The molecule has 0 aliphatic rings. The van der Waals surface area contributed by atoms with Crippen molar-refractivity contribution in [3.63, 3.8) is 0 Å². The van der Waals surface area contributed by atoms with E-state index in [4.69, 9.17) is 0 Å². The van der Waals surface area contributed by atoms with Crippen LogP contribution in [-0.2, 0) is 9.46 Å². The van der Waals surface area contributed by atoms with Crippen LogP contribution in [0.5, 0.6) is 0 Å². The molecule has 0 spiro atoms. The van der Waals surface area contributed by atoms with Gasteiger partial charge in [-0.15, -0.1) is 0 Å². The minimum absolute atomic E-state index is 0.157. The van der Waals surface area contributed by atoms with Crippen LogP contribution in [-0.4, -0.2) is 13.9 Å². The van der Waals surface area contributed by atoms with Crippen LogP contribution in [0.2, 0.25) is 0 Å². The van der Waals surface area contributed by atoms with Crippen molar-refractivity contribution in [2.45, 2.75) is 5.51 Å². The van der Waals surface area contributed by atoms with Crippen molar-refractivity contribution < 1.29 is 21.6 Å². The van der Waals surface area contributed by atoms with E-state index in [9.17, 15) is 21.6 Å². The van der Waals surface area contributed by atoms with Crippen molar-refractivity contribution in [3.8, 4) is 0 Å². The molecule has 1 aromatic rings. The number of hydrogen-bond donors (Lipinski definition) is 0. The van der Waals surface area contributed by atoms with Crippen LogP contribution in [0.3, 0.4) is 0 Å². The Kier molecular flexibility index (Phi) is 3.17. The zero-order valence-corrected chi connectivity index (χ0v) is 8.56. The predicted molar refractivity (Wildman–Crippen MR) is 49.4 cm³/mol. The average Bonchev–Trinajstić information content (AvgIpc) is 2.03. The summed E-state index contributed by atoms with van der Waals surface area (Å²) in [6, 6.07) is 7.29. The van der Waals surface area contributed by atoms with Crippen LogP contribution in [0.4, 0.5) is 13.2 Å². The van der Waals surface area contributed by atoms with Crippen LogP contribution in [0.1, 0.15) is 0 Å². The molecule has 1 aromatic carbocycles. The number of benzene rings is 1. The Morgan fingerprint density at radius 2 is 1.57 bits per heavy atom. The number of halogens is 3. The highest BCUT2D eigenvalue weighted by Crippen LogP contribution is 2.36. The highest BCUT2D eigenvalue weighted by molar-refractivity contribution is 8.46. The minimum Gasteiger partial charge on any atom is -0.215 e. The molecule has 0 heterocycles. The molecular weight excluding hydrogens is 236 g/mol. The van der Waals surface area contributed by atoms with Gasteiger partial charge in [-0.1, -0.05) is 30.3 Å². The maximum atomic E-state index is 11.9. The van der Waals surface area contributed by atoms with Crippen LogP contribution in [0.15, 0.2) is 30.3 Å². The van der Waals surface area contributed by atoms with Gasteiger partial charge in [0.25, 0.3) is 9.46 Å². The predicted octanol–water partition coefficient (Wildman–Crippen LogP) is 1.84. The molecule has 1 atom stereocenters. The number of alkyl halides is 3. The molecule has 0 N–H and O–H groups in total. The molecule has 0 radical (unpaired) electrons. The van der Waals surface area contributed by atoms with Gasteiger partial charge >= 0.3 is 5.51 Å². The summed E-state index contributed by atoms with van der Waals surface area (Å²) in [6.07, 6.45) is 0. The van der Waals surface area contributed by atoms with Crippen LogP contribution in [0, 0.1) is 0 Å². The molecule has 0 saturated carbocycles. The Labute approximate surface area is 80.6 Å². The van der Waals surface area contributed by atoms with Gasteiger partial charge in [0, 0.05) is 7.78 Å². The third-order valence-corrected chi connectivity index (χ3v) is 4.99. The van der Waals surface area contributed by atoms with E-state index in [0.29, 0.717) is 0 Å². The van der Waals surface area contributed by atoms with Crippen molar-refractivity contribution in [1.82, 2.24) is 0 Å². The first-order valence-electron chi connectivity index (χ1n) is 3.47. The van der Waals surface area contributed by atoms with E-state index in [2.05, 4.69) is 0 Å². The zero-order valence-electron chi connectivity index (χ0n) is 6.75. The Morgan fingerprint density at radius 3 is 2.00 bits per heavy atom. The van der Waals surface area contributed by atoms with E-state index in [1.165, 1.54) is 24.3 Å². The lowest BCUT2D eigenvalue weighted by Crippen LogP contribution is -2.20. The molecule has 0 bridgehead atoms. The van der Waals surface area contributed by atoms with Gasteiger partial charge in [0.15, 0.2) is 0 Å². The second-order valence-electron chi connectivity index (χ2n) is 2.42. The van der Waals surface area contributed by atoms with E-state index in [1.54, 1.807) is 6.07 Å². The standard InChI is InChI=1S/C7H6F3O2PS/c8-7(9,10)14(11,12)13-6-4-2-1-3-5-6/h1-5,13H. The Hall–Kier alpha value is -0.610. The summed E-state index contributed by atoms with van der Waals surface area (Å²) >= 11 is 0. The third kappa shape index (κ3) is 2.69. The average molecular weight is 242 g/mol. The SMILES string of the molecule is O=S(=O)(Pc1ccccc1)C(F)(F)F. The molecule has 0 aliphatic carbocycles. The topological polar surface area (TPSA) is 34.1 Å². The Morgan fingerprint density at radius 1 is 1.07 bits per heavy atom. The molecule has 0 aromatic heterocycles. The molecule has 0 saturated heterocycles.